The smallest absolute Gasteiger partial charge is 0.222 e. The number of aryl methyl sites for hydroxylation is 2. The third kappa shape index (κ3) is 4.33. The summed E-state index contributed by atoms with van der Waals surface area (Å²) in [7, 11) is 0. The van der Waals surface area contributed by atoms with Crippen LogP contribution in [0.4, 0.5) is 11.4 Å². The second-order valence-corrected chi connectivity index (χ2v) is 8.10. The van der Waals surface area contributed by atoms with E-state index in [1.807, 2.05) is 6.07 Å². The normalized spacial score (nSPS) is 19.4. The van der Waals surface area contributed by atoms with E-state index in [0.29, 0.717) is 23.3 Å². The van der Waals surface area contributed by atoms with Gasteiger partial charge in [0.05, 0.1) is 23.3 Å². The van der Waals surface area contributed by atoms with Crippen LogP contribution < -0.4 is 16.0 Å². The number of halogens is 2. The molecule has 1 saturated heterocycles. The van der Waals surface area contributed by atoms with Gasteiger partial charge in [-0.05, 0) is 55.3 Å². The van der Waals surface area contributed by atoms with Crippen molar-refractivity contribution in [3.63, 3.8) is 0 Å². The monoisotopic (exact) mass is 446 g/mol. The lowest BCUT2D eigenvalue weighted by Crippen LogP contribution is -2.57. The number of benzene rings is 2. The fraction of sp³-hybridized carbons (Fsp3) is 0.333. The lowest BCUT2D eigenvalue weighted by Gasteiger charge is -2.41. The summed E-state index contributed by atoms with van der Waals surface area (Å²) in [5.74, 6) is 0.959. The Morgan fingerprint density at radius 1 is 1.03 bits per heavy atom. The first-order chi connectivity index (χ1) is 14.4. The SMILES string of the molecule is Cc1ccc(N2C(N3CCOCC3)=NC(N)=NC2Nc2ccc(Cl)c(Cl)c2)cc1C. The van der Waals surface area contributed by atoms with Crippen LogP contribution in [0.15, 0.2) is 46.4 Å². The van der Waals surface area contributed by atoms with Gasteiger partial charge in [0.25, 0.3) is 0 Å². The first kappa shape index (κ1) is 20.8. The molecule has 3 N–H and O–H groups in total. The Morgan fingerprint density at radius 2 is 1.80 bits per heavy atom. The minimum atomic E-state index is -0.500. The highest BCUT2D eigenvalue weighted by atomic mass is 35.5. The maximum absolute atomic E-state index is 6.21. The maximum Gasteiger partial charge on any atom is 0.222 e. The van der Waals surface area contributed by atoms with E-state index in [4.69, 9.17) is 33.7 Å². The summed E-state index contributed by atoms with van der Waals surface area (Å²) in [4.78, 5) is 13.4. The van der Waals surface area contributed by atoms with E-state index < -0.39 is 6.29 Å². The van der Waals surface area contributed by atoms with Crippen LogP contribution in [0, 0.1) is 13.8 Å². The number of anilines is 2. The second-order valence-electron chi connectivity index (χ2n) is 7.28. The number of morpholine rings is 1. The van der Waals surface area contributed by atoms with Gasteiger partial charge in [0.2, 0.25) is 18.2 Å². The summed E-state index contributed by atoms with van der Waals surface area (Å²) in [5.41, 5.74) is 10.3. The van der Waals surface area contributed by atoms with E-state index in [0.717, 1.165) is 30.4 Å². The number of nitrogens with one attached hydrogen (secondary N) is 1. The number of ether oxygens (including phenoxy) is 1. The number of aliphatic imine (C=N–C) groups is 2. The predicted molar refractivity (Wildman–Crippen MR) is 124 cm³/mol. The van der Waals surface area contributed by atoms with Crippen LogP contribution in [0.3, 0.4) is 0 Å². The molecule has 9 heteroatoms. The predicted octanol–water partition coefficient (Wildman–Crippen LogP) is 3.83. The molecule has 0 spiro atoms. The number of nitrogens with two attached hydrogens (primary N) is 1. The molecule has 30 heavy (non-hydrogen) atoms. The lowest BCUT2D eigenvalue weighted by molar-refractivity contribution is 0.0671. The Bertz CT molecular complexity index is 1000. The number of hydrogen-bond donors (Lipinski definition) is 2. The molecule has 1 atom stereocenters. The van der Waals surface area contributed by atoms with E-state index >= 15 is 0 Å². The van der Waals surface area contributed by atoms with Crippen LogP contribution in [-0.2, 0) is 4.74 Å². The van der Waals surface area contributed by atoms with Crippen LogP contribution in [0.5, 0.6) is 0 Å². The molecule has 0 aromatic heterocycles. The number of guanidine groups is 2. The topological polar surface area (TPSA) is 78.5 Å². The van der Waals surface area contributed by atoms with Crippen molar-refractivity contribution in [1.29, 1.82) is 0 Å². The molecule has 2 aromatic rings. The minimum Gasteiger partial charge on any atom is -0.378 e. The highest BCUT2D eigenvalue weighted by Gasteiger charge is 2.32. The molecule has 1 unspecified atom stereocenters. The van der Waals surface area contributed by atoms with Crippen LogP contribution in [-0.4, -0.2) is 49.4 Å². The van der Waals surface area contributed by atoms with E-state index in [1.165, 1.54) is 11.1 Å². The van der Waals surface area contributed by atoms with Gasteiger partial charge >= 0.3 is 0 Å². The Hall–Kier alpha value is -2.48. The standard InChI is InChI=1S/C21H24Cl2N6O/c1-13-3-5-16(11-14(13)2)29-20(25-15-4-6-17(22)18(23)12-15)26-19(24)27-21(29)28-7-9-30-10-8-28/h3-6,11-12,20,25H,7-10H2,1-2H3,(H2,24,26). The van der Waals surface area contributed by atoms with Gasteiger partial charge in [-0.3, -0.25) is 4.90 Å². The van der Waals surface area contributed by atoms with Crippen LogP contribution in [0.2, 0.25) is 10.0 Å². The molecule has 0 amide bonds. The zero-order valence-corrected chi connectivity index (χ0v) is 18.4. The van der Waals surface area contributed by atoms with Gasteiger partial charge in [0.15, 0.2) is 0 Å². The fourth-order valence-electron chi connectivity index (χ4n) is 3.43. The fourth-order valence-corrected chi connectivity index (χ4v) is 3.73. The van der Waals surface area contributed by atoms with E-state index in [-0.39, 0.29) is 5.96 Å². The van der Waals surface area contributed by atoms with Crippen molar-refractivity contribution in [3.05, 3.63) is 57.6 Å². The molecule has 2 aliphatic heterocycles. The number of rotatable bonds is 3. The maximum atomic E-state index is 6.21. The molecule has 0 aliphatic carbocycles. The summed E-state index contributed by atoms with van der Waals surface area (Å²) in [5, 5.41) is 4.37. The van der Waals surface area contributed by atoms with Gasteiger partial charge in [0.1, 0.15) is 0 Å². The highest BCUT2D eigenvalue weighted by molar-refractivity contribution is 6.42. The molecule has 2 heterocycles. The van der Waals surface area contributed by atoms with Gasteiger partial charge in [-0.1, -0.05) is 29.3 Å². The third-order valence-corrected chi connectivity index (χ3v) is 5.95. The summed E-state index contributed by atoms with van der Waals surface area (Å²) >= 11 is 12.3. The molecular formula is C21H24Cl2N6O. The largest absolute Gasteiger partial charge is 0.378 e. The van der Waals surface area contributed by atoms with Crippen molar-refractivity contribution >= 4 is 46.5 Å². The molecule has 0 saturated carbocycles. The zero-order valence-electron chi connectivity index (χ0n) is 16.9. The van der Waals surface area contributed by atoms with Crippen molar-refractivity contribution in [3.8, 4) is 0 Å². The Kier molecular flexibility index (Phi) is 6.04. The molecule has 7 nitrogen and oxygen atoms in total. The third-order valence-electron chi connectivity index (χ3n) is 5.21. The van der Waals surface area contributed by atoms with Crippen molar-refractivity contribution in [2.75, 3.05) is 36.5 Å². The molecule has 2 aromatic carbocycles. The molecule has 158 valence electrons. The Labute approximate surface area is 186 Å². The van der Waals surface area contributed by atoms with E-state index in [1.54, 1.807) is 12.1 Å². The molecule has 1 fully saturated rings. The second kappa shape index (κ2) is 8.71. The highest BCUT2D eigenvalue weighted by Crippen LogP contribution is 2.29. The first-order valence-electron chi connectivity index (χ1n) is 9.75. The lowest BCUT2D eigenvalue weighted by atomic mass is 10.1. The molecule has 2 aliphatic rings. The van der Waals surface area contributed by atoms with Crippen LogP contribution in [0.25, 0.3) is 0 Å². The summed E-state index contributed by atoms with van der Waals surface area (Å²) in [6.07, 6.45) is -0.500. The van der Waals surface area contributed by atoms with Crippen molar-refractivity contribution in [2.24, 2.45) is 15.7 Å². The molecular weight excluding hydrogens is 423 g/mol. The minimum absolute atomic E-state index is 0.217. The zero-order chi connectivity index (χ0) is 21.3. The van der Waals surface area contributed by atoms with Crippen LogP contribution >= 0.6 is 23.2 Å². The van der Waals surface area contributed by atoms with E-state index in [9.17, 15) is 0 Å². The van der Waals surface area contributed by atoms with Crippen molar-refractivity contribution in [2.45, 2.75) is 20.1 Å². The molecule has 0 radical (unpaired) electrons. The number of nitrogens with zero attached hydrogens (tertiary/aromatic N) is 4. The van der Waals surface area contributed by atoms with Crippen molar-refractivity contribution < 1.29 is 4.74 Å². The first-order valence-corrected chi connectivity index (χ1v) is 10.5. The van der Waals surface area contributed by atoms with Crippen molar-refractivity contribution in [1.82, 2.24) is 4.90 Å². The van der Waals surface area contributed by atoms with E-state index in [2.05, 4.69) is 57.1 Å². The van der Waals surface area contributed by atoms with Crippen LogP contribution in [0.1, 0.15) is 11.1 Å². The van der Waals surface area contributed by atoms with Gasteiger partial charge < -0.3 is 20.7 Å². The van der Waals surface area contributed by atoms with Gasteiger partial charge in [0, 0.05) is 24.5 Å². The Balaban J connectivity index is 1.74. The van der Waals surface area contributed by atoms with Gasteiger partial charge in [-0.15, -0.1) is 0 Å². The number of hydrogen-bond acceptors (Lipinski definition) is 7. The molecule has 4 rings (SSSR count). The Morgan fingerprint density at radius 3 is 2.50 bits per heavy atom. The molecule has 0 bridgehead atoms. The summed E-state index contributed by atoms with van der Waals surface area (Å²) in [6.45, 7) is 6.92. The van der Waals surface area contributed by atoms with Gasteiger partial charge in [-0.25, -0.2) is 4.99 Å². The summed E-state index contributed by atoms with van der Waals surface area (Å²) in [6, 6.07) is 11.7. The van der Waals surface area contributed by atoms with Gasteiger partial charge in [-0.2, -0.15) is 4.99 Å². The quantitative estimate of drug-likeness (QED) is 0.748. The average Bonchev–Trinajstić information content (AvgIpc) is 2.73. The average molecular weight is 447 g/mol. The summed E-state index contributed by atoms with van der Waals surface area (Å²) < 4.78 is 5.52.